The van der Waals surface area contributed by atoms with E-state index in [1.54, 1.807) is 32.1 Å². The highest BCUT2D eigenvalue weighted by atomic mass is 32.2. The van der Waals surface area contributed by atoms with Crippen molar-refractivity contribution in [2.24, 2.45) is 0 Å². The Kier molecular flexibility index (Phi) is 9.75. The number of unbranched alkanes of at least 4 members (excludes halogenated alkanes) is 3. The van der Waals surface area contributed by atoms with Crippen LogP contribution in [0.1, 0.15) is 63.9 Å². The van der Waals surface area contributed by atoms with E-state index >= 15 is 0 Å². The first-order chi connectivity index (χ1) is 19.9. The average molecular weight is 609 g/mol. The van der Waals surface area contributed by atoms with E-state index in [0.717, 1.165) is 62.6 Å². The average Bonchev–Trinajstić information content (AvgIpc) is 3.37. The Morgan fingerprint density at radius 1 is 0.976 bits per heavy atom. The maximum atomic E-state index is 13.6. The zero-order chi connectivity index (χ0) is 28.8. The normalized spacial score (nSPS) is 17.9. The molecule has 3 heterocycles. The van der Waals surface area contributed by atoms with E-state index in [4.69, 9.17) is 17.3 Å². The van der Waals surface area contributed by atoms with Crippen LogP contribution in [-0.4, -0.2) is 57.3 Å². The summed E-state index contributed by atoms with van der Waals surface area (Å²) in [6.45, 7) is 3.87. The number of amides is 1. The van der Waals surface area contributed by atoms with Crippen LogP contribution >= 0.6 is 24.0 Å². The summed E-state index contributed by atoms with van der Waals surface area (Å²) in [5.41, 5.74) is 2.88. The van der Waals surface area contributed by atoms with E-state index < -0.39 is 10.0 Å². The number of hydrogen-bond acceptors (Lipinski definition) is 6. The van der Waals surface area contributed by atoms with Gasteiger partial charge in [0.1, 0.15) is 10.0 Å². The molecule has 2 saturated heterocycles. The predicted molar refractivity (Wildman–Crippen MR) is 170 cm³/mol. The molecule has 2 aliphatic rings. The Balaban J connectivity index is 1.51. The van der Waals surface area contributed by atoms with Gasteiger partial charge < -0.3 is 0 Å². The van der Waals surface area contributed by atoms with Crippen LogP contribution < -0.4 is 0 Å². The lowest BCUT2D eigenvalue weighted by Gasteiger charge is -2.20. The Morgan fingerprint density at radius 3 is 2.46 bits per heavy atom. The molecule has 10 heteroatoms. The third-order valence-corrected chi connectivity index (χ3v) is 10.7. The smallest absolute Gasteiger partial charge is 0.266 e. The lowest BCUT2D eigenvalue weighted by molar-refractivity contribution is -0.122. The summed E-state index contributed by atoms with van der Waals surface area (Å²) in [7, 11) is -3.63. The van der Waals surface area contributed by atoms with Gasteiger partial charge in [-0.15, -0.1) is 0 Å². The molecule has 3 aromatic rings. The fraction of sp³-hybridized carbons (Fsp3) is 0.387. The zero-order valence-electron chi connectivity index (χ0n) is 23.4. The summed E-state index contributed by atoms with van der Waals surface area (Å²) in [4.78, 5) is 15.8. The highest BCUT2D eigenvalue weighted by Gasteiger charge is 2.32. The van der Waals surface area contributed by atoms with Crippen molar-refractivity contribution < 1.29 is 13.2 Å². The molecule has 2 fully saturated rings. The van der Waals surface area contributed by atoms with E-state index in [9.17, 15) is 13.2 Å². The Bertz CT molecular complexity index is 1520. The molecule has 1 aromatic heterocycles. The number of carbonyl (C=O) groups excluding carboxylic acids is 1. The number of sulfonamides is 1. The molecule has 0 aliphatic carbocycles. The molecule has 2 aromatic carbocycles. The molecule has 0 spiro atoms. The van der Waals surface area contributed by atoms with Crippen LogP contribution in [-0.2, 0) is 14.8 Å². The van der Waals surface area contributed by atoms with Crippen molar-refractivity contribution in [1.82, 2.24) is 19.0 Å². The highest BCUT2D eigenvalue weighted by Crippen LogP contribution is 2.35. The van der Waals surface area contributed by atoms with Crippen molar-refractivity contribution >= 4 is 50.3 Å². The molecule has 0 radical (unpaired) electrons. The minimum Gasteiger partial charge on any atom is -0.293 e. The van der Waals surface area contributed by atoms with E-state index in [1.807, 2.05) is 48.7 Å². The van der Waals surface area contributed by atoms with Gasteiger partial charge in [-0.25, -0.2) is 13.1 Å². The van der Waals surface area contributed by atoms with E-state index in [-0.39, 0.29) is 10.8 Å². The molecule has 41 heavy (non-hydrogen) atoms. The second-order valence-corrected chi connectivity index (χ2v) is 14.1. The molecule has 0 N–H and O–H groups in total. The van der Waals surface area contributed by atoms with Gasteiger partial charge in [0.2, 0.25) is 10.0 Å². The molecule has 7 nitrogen and oxygen atoms in total. The van der Waals surface area contributed by atoms with Crippen LogP contribution in [0.25, 0.3) is 23.0 Å². The van der Waals surface area contributed by atoms with Crippen LogP contribution in [0.15, 0.2) is 70.6 Å². The van der Waals surface area contributed by atoms with Gasteiger partial charge in [-0.05, 0) is 49.6 Å². The minimum absolute atomic E-state index is 0.0904. The SMILES string of the molecule is CCCCCCN1C(=O)C(=Cc2cn(-c3ccccc3)nc2-c2cccc(S(=O)(=O)N3CCCCCC3)c2)SC1=S. The number of benzene rings is 2. The van der Waals surface area contributed by atoms with E-state index in [2.05, 4.69) is 6.92 Å². The summed E-state index contributed by atoms with van der Waals surface area (Å²) in [5, 5.41) is 4.87. The molecule has 1 amide bonds. The first-order valence-corrected chi connectivity index (χ1v) is 17.1. The van der Waals surface area contributed by atoms with Crippen LogP contribution in [0, 0.1) is 0 Å². The summed E-state index contributed by atoms with van der Waals surface area (Å²) < 4.78 is 31.1. The number of aromatic nitrogens is 2. The van der Waals surface area contributed by atoms with Crippen LogP contribution in [0.4, 0.5) is 0 Å². The summed E-state index contributed by atoms with van der Waals surface area (Å²) in [6, 6.07) is 16.7. The van der Waals surface area contributed by atoms with Gasteiger partial charge in [-0.1, -0.05) is 93.3 Å². The van der Waals surface area contributed by atoms with Crippen molar-refractivity contribution in [2.45, 2.75) is 63.2 Å². The Morgan fingerprint density at radius 2 is 1.73 bits per heavy atom. The van der Waals surface area contributed by atoms with Crippen LogP contribution in [0.2, 0.25) is 0 Å². The fourth-order valence-electron chi connectivity index (χ4n) is 5.20. The third-order valence-electron chi connectivity index (χ3n) is 7.47. The lowest BCUT2D eigenvalue weighted by atomic mass is 10.1. The first-order valence-electron chi connectivity index (χ1n) is 14.4. The summed E-state index contributed by atoms with van der Waals surface area (Å²) in [5.74, 6) is -0.0904. The van der Waals surface area contributed by atoms with E-state index in [0.29, 0.717) is 40.1 Å². The van der Waals surface area contributed by atoms with E-state index in [1.165, 1.54) is 11.8 Å². The number of rotatable bonds is 10. The molecule has 0 atom stereocenters. The van der Waals surface area contributed by atoms with Crippen LogP contribution in [0.5, 0.6) is 0 Å². The van der Waals surface area contributed by atoms with Crippen molar-refractivity contribution in [3.05, 3.63) is 71.3 Å². The van der Waals surface area contributed by atoms with Gasteiger partial charge in [0.15, 0.2) is 0 Å². The predicted octanol–water partition coefficient (Wildman–Crippen LogP) is 6.89. The van der Waals surface area contributed by atoms with Crippen molar-refractivity contribution in [1.29, 1.82) is 0 Å². The third kappa shape index (κ3) is 6.83. The maximum absolute atomic E-state index is 13.6. The molecule has 0 unspecified atom stereocenters. The molecule has 0 bridgehead atoms. The number of para-hydroxylation sites is 1. The largest absolute Gasteiger partial charge is 0.293 e. The zero-order valence-corrected chi connectivity index (χ0v) is 25.8. The molecular weight excluding hydrogens is 573 g/mol. The summed E-state index contributed by atoms with van der Waals surface area (Å²) >= 11 is 6.87. The van der Waals surface area contributed by atoms with Crippen LogP contribution in [0.3, 0.4) is 0 Å². The Hall–Kier alpha value is -2.79. The highest BCUT2D eigenvalue weighted by molar-refractivity contribution is 8.26. The number of hydrogen-bond donors (Lipinski definition) is 0. The Labute approximate surface area is 252 Å². The fourth-order valence-corrected chi connectivity index (χ4v) is 8.06. The van der Waals surface area contributed by atoms with Gasteiger partial charge in [-0.2, -0.15) is 9.40 Å². The number of carbonyl (C=O) groups is 1. The molecule has 2 aliphatic heterocycles. The van der Waals surface area contributed by atoms with Gasteiger partial charge in [0, 0.05) is 37.0 Å². The number of thioether (sulfide) groups is 1. The molecule has 0 saturated carbocycles. The summed E-state index contributed by atoms with van der Waals surface area (Å²) in [6.07, 6.45) is 11.8. The number of nitrogens with zero attached hydrogens (tertiary/aromatic N) is 4. The molecule has 5 rings (SSSR count). The maximum Gasteiger partial charge on any atom is 0.266 e. The van der Waals surface area contributed by atoms with Gasteiger partial charge in [0.25, 0.3) is 5.91 Å². The monoisotopic (exact) mass is 608 g/mol. The topological polar surface area (TPSA) is 75.5 Å². The van der Waals surface area contributed by atoms with Gasteiger partial charge in [-0.3, -0.25) is 9.69 Å². The van der Waals surface area contributed by atoms with Crippen molar-refractivity contribution in [3.63, 3.8) is 0 Å². The standard InChI is InChI=1S/C31H36N4O3S3/c1-2-3-4-12-20-34-30(36)28(40-31(34)39)22-25-23-35(26-15-8-7-9-16-26)32-29(25)24-14-13-17-27(21-24)41(37,38)33-18-10-5-6-11-19-33/h7-9,13-17,21-23H,2-6,10-12,18-20H2,1H3. The molecular formula is C31H36N4O3S3. The lowest BCUT2D eigenvalue weighted by Crippen LogP contribution is -2.31. The van der Waals surface area contributed by atoms with Crippen molar-refractivity contribution in [2.75, 3.05) is 19.6 Å². The van der Waals surface area contributed by atoms with Crippen molar-refractivity contribution in [3.8, 4) is 16.9 Å². The second kappa shape index (κ2) is 13.5. The minimum atomic E-state index is -3.63. The quantitative estimate of drug-likeness (QED) is 0.142. The van der Waals surface area contributed by atoms with Gasteiger partial charge in [0.05, 0.1) is 15.5 Å². The second-order valence-electron chi connectivity index (χ2n) is 10.5. The van der Waals surface area contributed by atoms with Gasteiger partial charge >= 0.3 is 0 Å². The number of thiocarbonyl (C=S) groups is 1. The first kappa shape index (κ1) is 29.7. The molecule has 216 valence electrons.